The lowest BCUT2D eigenvalue weighted by Gasteiger charge is -2.27. The van der Waals surface area contributed by atoms with Gasteiger partial charge in [0.15, 0.2) is 0 Å². The summed E-state index contributed by atoms with van der Waals surface area (Å²) in [5, 5.41) is 0. The quantitative estimate of drug-likeness (QED) is 0.861. The molecule has 94 valence electrons. The Bertz CT molecular complexity index is 345. The molecular weight excluding hydrogens is 210 g/mol. The maximum absolute atomic E-state index is 6.38. The summed E-state index contributed by atoms with van der Waals surface area (Å²) >= 11 is 0. The third-order valence-corrected chi connectivity index (χ3v) is 3.71. The lowest BCUT2D eigenvalue weighted by molar-refractivity contribution is 0.306. The van der Waals surface area contributed by atoms with Crippen molar-refractivity contribution < 1.29 is 4.74 Å². The number of nitrogens with two attached hydrogens (primary N) is 1. The molecule has 0 aliphatic heterocycles. The lowest BCUT2D eigenvalue weighted by atomic mass is 9.81. The van der Waals surface area contributed by atoms with Gasteiger partial charge in [0, 0.05) is 6.04 Å². The van der Waals surface area contributed by atoms with Gasteiger partial charge in [-0.3, -0.25) is 0 Å². The predicted octanol–water partition coefficient (Wildman–Crippen LogP) is 3.67. The maximum Gasteiger partial charge on any atom is 0.119 e. The molecule has 17 heavy (non-hydrogen) atoms. The second-order valence-corrected chi connectivity index (χ2v) is 4.93. The van der Waals surface area contributed by atoms with E-state index in [1.54, 1.807) is 0 Å². The van der Waals surface area contributed by atoms with Crippen LogP contribution < -0.4 is 10.5 Å². The Kier molecular flexibility index (Phi) is 4.43. The monoisotopic (exact) mass is 233 g/mol. The molecule has 0 radical (unpaired) electrons. The molecular formula is C15H23NO. The van der Waals surface area contributed by atoms with E-state index in [1.807, 2.05) is 19.1 Å². The highest BCUT2D eigenvalue weighted by molar-refractivity contribution is 5.30. The van der Waals surface area contributed by atoms with Gasteiger partial charge >= 0.3 is 0 Å². The van der Waals surface area contributed by atoms with Gasteiger partial charge in [0.2, 0.25) is 0 Å². The summed E-state index contributed by atoms with van der Waals surface area (Å²) in [7, 11) is 0. The summed E-state index contributed by atoms with van der Waals surface area (Å²) in [6.07, 6.45) is 6.61. The number of ether oxygens (including phenoxy) is 1. The van der Waals surface area contributed by atoms with Crippen LogP contribution in [0.2, 0.25) is 0 Å². The number of rotatable bonds is 4. The Morgan fingerprint density at radius 2 is 2.06 bits per heavy atom. The van der Waals surface area contributed by atoms with Crippen molar-refractivity contribution in [3.63, 3.8) is 0 Å². The van der Waals surface area contributed by atoms with Crippen LogP contribution in [0, 0.1) is 5.92 Å². The van der Waals surface area contributed by atoms with Crippen molar-refractivity contribution in [2.24, 2.45) is 11.7 Å². The van der Waals surface area contributed by atoms with Gasteiger partial charge in [-0.25, -0.2) is 0 Å². The topological polar surface area (TPSA) is 35.2 Å². The second-order valence-electron chi connectivity index (χ2n) is 4.93. The van der Waals surface area contributed by atoms with Crippen LogP contribution in [0.25, 0.3) is 0 Å². The normalized spacial score (nSPS) is 18.9. The van der Waals surface area contributed by atoms with Gasteiger partial charge in [0.1, 0.15) is 5.75 Å². The third-order valence-electron chi connectivity index (χ3n) is 3.71. The molecule has 1 aliphatic carbocycles. The van der Waals surface area contributed by atoms with Crippen molar-refractivity contribution in [1.82, 2.24) is 0 Å². The highest BCUT2D eigenvalue weighted by Gasteiger charge is 2.21. The molecule has 1 saturated carbocycles. The minimum Gasteiger partial charge on any atom is -0.494 e. The van der Waals surface area contributed by atoms with Crippen molar-refractivity contribution in [2.45, 2.75) is 45.1 Å². The molecule has 1 aliphatic rings. The molecule has 0 unspecified atom stereocenters. The minimum absolute atomic E-state index is 0.177. The van der Waals surface area contributed by atoms with Crippen molar-refractivity contribution in [3.8, 4) is 5.75 Å². The van der Waals surface area contributed by atoms with E-state index in [0.717, 1.165) is 5.75 Å². The van der Waals surface area contributed by atoms with E-state index < -0.39 is 0 Å². The Hall–Kier alpha value is -1.02. The van der Waals surface area contributed by atoms with Crippen molar-refractivity contribution in [3.05, 3.63) is 29.8 Å². The van der Waals surface area contributed by atoms with E-state index in [2.05, 4.69) is 12.1 Å². The molecule has 2 heteroatoms. The Balaban J connectivity index is 2.06. The summed E-state index contributed by atoms with van der Waals surface area (Å²) in [6, 6.07) is 8.45. The van der Waals surface area contributed by atoms with Crippen molar-refractivity contribution in [2.75, 3.05) is 6.61 Å². The Morgan fingerprint density at radius 3 is 2.76 bits per heavy atom. The summed E-state index contributed by atoms with van der Waals surface area (Å²) in [6.45, 7) is 2.72. The largest absolute Gasteiger partial charge is 0.494 e. The molecule has 0 heterocycles. The first kappa shape index (κ1) is 12.4. The van der Waals surface area contributed by atoms with E-state index >= 15 is 0 Å². The van der Waals surface area contributed by atoms with Gasteiger partial charge in [-0.05, 0) is 43.4 Å². The van der Waals surface area contributed by atoms with Crippen LogP contribution in [0.4, 0.5) is 0 Å². The zero-order chi connectivity index (χ0) is 12.1. The van der Waals surface area contributed by atoms with E-state index in [-0.39, 0.29) is 6.04 Å². The highest BCUT2D eigenvalue weighted by Crippen LogP contribution is 2.33. The standard InChI is InChI=1S/C15H23NO/c1-2-17-14-10-6-9-13(11-14)15(16)12-7-4-3-5-8-12/h6,9-12,15H,2-5,7-8,16H2,1H3/t15-/m0/s1. The smallest absolute Gasteiger partial charge is 0.119 e. The van der Waals surface area contributed by atoms with Crippen molar-refractivity contribution in [1.29, 1.82) is 0 Å². The van der Waals surface area contributed by atoms with Crippen LogP contribution in [0.5, 0.6) is 5.75 Å². The van der Waals surface area contributed by atoms with Gasteiger partial charge in [-0.2, -0.15) is 0 Å². The van der Waals surface area contributed by atoms with E-state index in [4.69, 9.17) is 10.5 Å². The first-order valence-corrected chi connectivity index (χ1v) is 6.79. The van der Waals surface area contributed by atoms with Crippen LogP contribution in [-0.4, -0.2) is 6.61 Å². The van der Waals surface area contributed by atoms with Crippen LogP contribution in [-0.2, 0) is 0 Å². The molecule has 2 N–H and O–H groups in total. The highest BCUT2D eigenvalue weighted by atomic mass is 16.5. The van der Waals surface area contributed by atoms with Gasteiger partial charge in [-0.1, -0.05) is 31.4 Å². The fraction of sp³-hybridized carbons (Fsp3) is 0.600. The maximum atomic E-state index is 6.38. The number of hydrogen-bond donors (Lipinski definition) is 1. The molecule has 2 rings (SSSR count). The summed E-state index contributed by atoms with van der Waals surface area (Å²) in [5.74, 6) is 1.59. The SMILES string of the molecule is CCOc1cccc([C@@H](N)C2CCCCC2)c1. The van der Waals surface area contributed by atoms with Crippen LogP contribution in [0.1, 0.15) is 50.6 Å². The fourth-order valence-corrected chi connectivity index (χ4v) is 2.74. The van der Waals surface area contributed by atoms with E-state index in [9.17, 15) is 0 Å². The van der Waals surface area contributed by atoms with Crippen LogP contribution >= 0.6 is 0 Å². The Morgan fingerprint density at radius 1 is 1.29 bits per heavy atom. The van der Waals surface area contributed by atoms with Gasteiger partial charge in [0.05, 0.1) is 6.61 Å². The minimum atomic E-state index is 0.177. The number of benzene rings is 1. The zero-order valence-electron chi connectivity index (χ0n) is 10.7. The molecule has 2 nitrogen and oxygen atoms in total. The molecule has 1 fully saturated rings. The summed E-state index contributed by atoms with van der Waals surface area (Å²) < 4.78 is 5.53. The van der Waals surface area contributed by atoms with Gasteiger partial charge in [0.25, 0.3) is 0 Å². The molecule has 1 aromatic carbocycles. The molecule has 1 aromatic rings. The average Bonchev–Trinajstić information content (AvgIpc) is 2.40. The molecule has 1 atom stereocenters. The first-order chi connectivity index (χ1) is 8.31. The summed E-state index contributed by atoms with van der Waals surface area (Å²) in [4.78, 5) is 0. The van der Waals surface area contributed by atoms with E-state index in [1.165, 1.54) is 37.7 Å². The molecule has 0 saturated heterocycles. The van der Waals surface area contributed by atoms with Crippen LogP contribution in [0.3, 0.4) is 0 Å². The Labute approximate surface area is 104 Å². The third kappa shape index (κ3) is 3.22. The predicted molar refractivity (Wildman–Crippen MR) is 71.1 cm³/mol. The van der Waals surface area contributed by atoms with E-state index in [0.29, 0.717) is 12.5 Å². The van der Waals surface area contributed by atoms with Gasteiger partial charge < -0.3 is 10.5 Å². The zero-order valence-corrected chi connectivity index (χ0v) is 10.7. The lowest BCUT2D eigenvalue weighted by Crippen LogP contribution is -2.23. The van der Waals surface area contributed by atoms with Crippen LogP contribution in [0.15, 0.2) is 24.3 Å². The average molecular weight is 233 g/mol. The first-order valence-electron chi connectivity index (χ1n) is 6.79. The molecule has 0 aromatic heterocycles. The molecule has 0 spiro atoms. The molecule has 0 bridgehead atoms. The molecule has 0 amide bonds. The number of hydrogen-bond acceptors (Lipinski definition) is 2. The summed E-state index contributed by atoms with van der Waals surface area (Å²) in [5.41, 5.74) is 7.60. The van der Waals surface area contributed by atoms with Crippen molar-refractivity contribution >= 4 is 0 Å². The second kappa shape index (κ2) is 6.06. The van der Waals surface area contributed by atoms with Gasteiger partial charge in [-0.15, -0.1) is 0 Å². The fourth-order valence-electron chi connectivity index (χ4n) is 2.74.